The summed E-state index contributed by atoms with van der Waals surface area (Å²) in [7, 11) is 0. The lowest BCUT2D eigenvalue weighted by atomic mass is 10.2. The Kier molecular flexibility index (Phi) is 5.25. The minimum Gasteiger partial charge on any atom is -0.322 e. The van der Waals surface area contributed by atoms with Crippen molar-refractivity contribution in [3.8, 4) is 0 Å². The summed E-state index contributed by atoms with van der Waals surface area (Å²) in [5.74, 6) is -2.27. The number of rotatable bonds is 5. The number of halogens is 2. The van der Waals surface area contributed by atoms with Gasteiger partial charge < -0.3 is 5.32 Å². The Morgan fingerprint density at radius 1 is 0.941 bits per heavy atom. The van der Waals surface area contributed by atoms with E-state index in [-0.39, 0.29) is 23.6 Å². The number of para-hydroxylation sites is 1. The van der Waals surface area contributed by atoms with Crippen molar-refractivity contribution in [2.45, 2.75) is 13.1 Å². The number of hydrogen-bond donors (Lipinski definition) is 1. The first-order chi connectivity index (χ1) is 16.4. The van der Waals surface area contributed by atoms with Gasteiger partial charge in [-0.1, -0.05) is 42.5 Å². The largest absolute Gasteiger partial charge is 0.352 e. The van der Waals surface area contributed by atoms with Gasteiger partial charge in [-0.25, -0.2) is 22.7 Å². The topological polar surface area (TPSA) is 90.4 Å². The highest BCUT2D eigenvalue weighted by Crippen LogP contribution is 2.16. The first kappa shape index (κ1) is 21.3. The van der Waals surface area contributed by atoms with Gasteiger partial charge in [-0.15, -0.1) is 5.10 Å². The van der Waals surface area contributed by atoms with E-state index in [0.717, 1.165) is 28.4 Å². The van der Waals surface area contributed by atoms with Gasteiger partial charge >= 0.3 is 5.69 Å². The van der Waals surface area contributed by atoms with Crippen LogP contribution in [0.25, 0.3) is 16.7 Å². The number of anilines is 1. The van der Waals surface area contributed by atoms with E-state index < -0.39 is 29.8 Å². The van der Waals surface area contributed by atoms with Crippen LogP contribution in [0.5, 0.6) is 0 Å². The molecular weight excluding hydrogens is 444 g/mol. The molecule has 0 aliphatic rings. The second-order valence-electron chi connectivity index (χ2n) is 7.64. The van der Waals surface area contributed by atoms with Crippen LogP contribution in [0.3, 0.4) is 0 Å². The van der Waals surface area contributed by atoms with Gasteiger partial charge in [0.15, 0.2) is 0 Å². The summed E-state index contributed by atoms with van der Waals surface area (Å²) in [6.45, 7) is -0.407. The van der Waals surface area contributed by atoms with Crippen molar-refractivity contribution in [2.75, 3.05) is 5.32 Å². The average molecular weight is 461 g/mol. The molecule has 10 heteroatoms. The minimum absolute atomic E-state index is 0.0577. The zero-order chi connectivity index (χ0) is 23.8. The molecule has 0 aliphatic heterocycles. The molecule has 0 fully saturated rings. The highest BCUT2D eigenvalue weighted by Gasteiger charge is 2.19. The molecule has 0 unspecified atom stereocenters. The number of aromatic nitrogens is 4. The van der Waals surface area contributed by atoms with Gasteiger partial charge in [-0.3, -0.25) is 14.2 Å². The van der Waals surface area contributed by atoms with E-state index in [2.05, 4.69) is 10.4 Å². The Morgan fingerprint density at radius 2 is 1.68 bits per heavy atom. The zero-order valence-electron chi connectivity index (χ0n) is 17.6. The number of fused-ring (bicyclic) bond motifs is 3. The Morgan fingerprint density at radius 3 is 2.47 bits per heavy atom. The lowest BCUT2D eigenvalue weighted by Crippen LogP contribution is -2.29. The molecule has 3 aromatic carbocycles. The van der Waals surface area contributed by atoms with Crippen LogP contribution in [0.15, 0.2) is 82.4 Å². The van der Waals surface area contributed by atoms with Crippen LogP contribution in [-0.4, -0.2) is 24.7 Å². The van der Waals surface area contributed by atoms with Crippen molar-refractivity contribution in [1.82, 2.24) is 18.7 Å². The lowest BCUT2D eigenvalue weighted by Gasteiger charge is -2.09. The summed E-state index contributed by atoms with van der Waals surface area (Å²) in [5, 5.41) is 6.80. The van der Waals surface area contributed by atoms with Crippen LogP contribution in [0, 0.1) is 11.6 Å². The maximum absolute atomic E-state index is 13.9. The third-order valence-corrected chi connectivity index (χ3v) is 5.36. The van der Waals surface area contributed by atoms with Gasteiger partial charge in [0.05, 0.1) is 23.1 Å². The lowest BCUT2D eigenvalue weighted by molar-refractivity contribution is -0.117. The van der Waals surface area contributed by atoms with Gasteiger partial charge in [-0.05, 0) is 29.8 Å². The number of carbonyl (C=O) groups excluding carboxylic acids is 1. The van der Waals surface area contributed by atoms with Crippen molar-refractivity contribution in [2.24, 2.45) is 0 Å². The van der Waals surface area contributed by atoms with Crippen LogP contribution in [0.1, 0.15) is 5.56 Å². The van der Waals surface area contributed by atoms with Crippen molar-refractivity contribution >= 4 is 28.3 Å². The monoisotopic (exact) mass is 461 g/mol. The SMILES string of the molecule is O=C(Cn1nc2n(Cc3ccccc3)c(=O)c3ccccc3n2c1=O)Nc1cc(F)ccc1F. The molecule has 2 heterocycles. The second kappa shape index (κ2) is 8.39. The molecule has 0 bridgehead atoms. The fourth-order valence-electron chi connectivity index (χ4n) is 3.80. The third kappa shape index (κ3) is 3.75. The molecule has 5 aromatic rings. The van der Waals surface area contributed by atoms with Gasteiger partial charge in [0.25, 0.3) is 5.56 Å². The molecule has 0 saturated heterocycles. The smallest absolute Gasteiger partial charge is 0.322 e. The van der Waals surface area contributed by atoms with E-state index >= 15 is 0 Å². The number of benzene rings is 3. The highest BCUT2D eigenvalue weighted by atomic mass is 19.1. The average Bonchev–Trinajstić information content (AvgIpc) is 3.15. The predicted molar refractivity (Wildman–Crippen MR) is 122 cm³/mol. The van der Waals surface area contributed by atoms with E-state index in [1.807, 2.05) is 30.3 Å². The number of nitrogens with zero attached hydrogens (tertiary/aromatic N) is 4. The first-order valence-corrected chi connectivity index (χ1v) is 10.3. The van der Waals surface area contributed by atoms with E-state index in [0.29, 0.717) is 10.9 Å². The molecule has 5 rings (SSSR count). The molecule has 1 N–H and O–H groups in total. The van der Waals surface area contributed by atoms with Crippen LogP contribution in [-0.2, 0) is 17.9 Å². The van der Waals surface area contributed by atoms with Gasteiger partial charge in [0.2, 0.25) is 11.7 Å². The molecule has 170 valence electrons. The zero-order valence-corrected chi connectivity index (χ0v) is 17.6. The number of hydrogen-bond acceptors (Lipinski definition) is 4. The molecule has 8 nitrogen and oxygen atoms in total. The highest BCUT2D eigenvalue weighted by molar-refractivity contribution is 5.90. The molecule has 1 amide bonds. The standard InChI is InChI=1S/C24H17F2N5O3/c25-16-10-11-18(26)19(12-16)27-21(32)14-30-24(34)31-20-9-5-4-8-17(20)22(33)29(23(31)28-30)13-15-6-2-1-3-7-15/h1-12H,13-14H2,(H,27,32). The maximum atomic E-state index is 13.9. The van der Waals surface area contributed by atoms with Gasteiger partial charge in [0.1, 0.15) is 18.2 Å². The quantitative estimate of drug-likeness (QED) is 0.436. The summed E-state index contributed by atoms with van der Waals surface area (Å²) < 4.78 is 30.8. The molecule has 0 radical (unpaired) electrons. The third-order valence-electron chi connectivity index (χ3n) is 5.36. The van der Waals surface area contributed by atoms with Crippen molar-refractivity contribution in [1.29, 1.82) is 0 Å². The Hall–Kier alpha value is -4.60. The van der Waals surface area contributed by atoms with E-state index in [9.17, 15) is 23.2 Å². The number of amides is 1. The first-order valence-electron chi connectivity index (χ1n) is 10.3. The predicted octanol–water partition coefficient (Wildman–Crippen LogP) is 2.78. The molecule has 0 atom stereocenters. The normalized spacial score (nSPS) is 11.2. The summed E-state index contributed by atoms with van der Waals surface area (Å²) in [6, 6.07) is 18.5. The summed E-state index contributed by atoms with van der Waals surface area (Å²) in [5.41, 5.74) is -0.172. The van der Waals surface area contributed by atoms with E-state index in [1.165, 1.54) is 8.97 Å². The van der Waals surface area contributed by atoms with E-state index in [4.69, 9.17) is 0 Å². The molecule has 0 saturated carbocycles. The number of nitrogens with one attached hydrogen (secondary N) is 1. The maximum Gasteiger partial charge on any atom is 0.352 e. The van der Waals surface area contributed by atoms with E-state index in [1.54, 1.807) is 24.3 Å². The summed E-state index contributed by atoms with van der Waals surface area (Å²) in [4.78, 5) is 38.9. The molecular formula is C24H17F2N5O3. The van der Waals surface area contributed by atoms with Crippen LogP contribution in [0.4, 0.5) is 14.5 Å². The van der Waals surface area contributed by atoms with Gasteiger partial charge in [-0.2, -0.15) is 0 Å². The summed E-state index contributed by atoms with van der Waals surface area (Å²) in [6.07, 6.45) is 0. The molecule has 0 spiro atoms. The Balaban J connectivity index is 1.61. The fourth-order valence-corrected chi connectivity index (χ4v) is 3.80. The van der Waals surface area contributed by atoms with Crippen molar-refractivity contribution in [3.63, 3.8) is 0 Å². The van der Waals surface area contributed by atoms with Crippen molar-refractivity contribution < 1.29 is 13.6 Å². The fraction of sp³-hybridized carbons (Fsp3) is 0.0833. The Bertz CT molecular complexity index is 1670. The Labute approximate surface area is 190 Å². The molecule has 0 aliphatic carbocycles. The van der Waals surface area contributed by atoms with Crippen LogP contribution >= 0.6 is 0 Å². The minimum atomic E-state index is -0.820. The number of carbonyl (C=O) groups is 1. The van der Waals surface area contributed by atoms with Crippen LogP contribution in [0.2, 0.25) is 0 Å². The van der Waals surface area contributed by atoms with Crippen LogP contribution < -0.4 is 16.6 Å². The van der Waals surface area contributed by atoms with Crippen molar-refractivity contribution in [3.05, 3.63) is 111 Å². The van der Waals surface area contributed by atoms with Gasteiger partial charge in [0, 0.05) is 6.07 Å². The molecule has 2 aromatic heterocycles. The summed E-state index contributed by atoms with van der Waals surface area (Å²) >= 11 is 0. The molecule has 34 heavy (non-hydrogen) atoms. The second-order valence-corrected chi connectivity index (χ2v) is 7.64.